The van der Waals surface area contributed by atoms with Crippen LogP contribution in [0.15, 0.2) is 29.2 Å². The van der Waals surface area contributed by atoms with Crippen molar-refractivity contribution in [3.8, 4) is 0 Å². The van der Waals surface area contributed by atoms with E-state index >= 15 is 0 Å². The fourth-order valence-corrected chi connectivity index (χ4v) is 3.09. The van der Waals surface area contributed by atoms with Crippen LogP contribution in [0.2, 0.25) is 0 Å². The van der Waals surface area contributed by atoms with E-state index < -0.39 is 10.0 Å². The van der Waals surface area contributed by atoms with Gasteiger partial charge in [-0.25, -0.2) is 13.1 Å². The molecule has 0 saturated heterocycles. The Balaban J connectivity index is 2.78. The van der Waals surface area contributed by atoms with Crippen LogP contribution in [0.4, 0.5) is 0 Å². The molecule has 0 fully saturated rings. The van der Waals surface area contributed by atoms with Crippen LogP contribution >= 0.6 is 0 Å². The van der Waals surface area contributed by atoms with Crippen LogP contribution in [0.25, 0.3) is 0 Å². The number of hydrogen-bond acceptors (Lipinski definition) is 4. The predicted octanol–water partition coefficient (Wildman–Crippen LogP) is 1.41. The van der Waals surface area contributed by atoms with Gasteiger partial charge in [0.05, 0.1) is 4.90 Å². The van der Waals surface area contributed by atoms with Crippen molar-refractivity contribution in [2.45, 2.75) is 38.3 Å². The van der Waals surface area contributed by atoms with Gasteiger partial charge in [-0.2, -0.15) is 0 Å². The van der Waals surface area contributed by atoms with Crippen LogP contribution in [-0.4, -0.2) is 46.0 Å². The highest BCUT2D eigenvalue weighted by molar-refractivity contribution is 7.89. The van der Waals surface area contributed by atoms with E-state index in [1.807, 2.05) is 40.0 Å². The first-order valence-corrected chi connectivity index (χ1v) is 8.84. The number of hydrogen-bond donors (Lipinski definition) is 2. The molecule has 0 radical (unpaired) electrons. The zero-order chi connectivity index (χ0) is 15.9. The molecule has 21 heavy (non-hydrogen) atoms. The third-order valence-electron chi connectivity index (χ3n) is 3.29. The molecule has 1 aromatic rings. The molecule has 0 aliphatic heterocycles. The largest absolute Gasteiger partial charge is 0.310 e. The molecular formula is C15H27N3O2S. The van der Waals surface area contributed by atoms with Crippen LogP contribution < -0.4 is 10.0 Å². The van der Waals surface area contributed by atoms with Gasteiger partial charge < -0.3 is 10.2 Å². The number of nitrogens with one attached hydrogen (secondary N) is 2. The van der Waals surface area contributed by atoms with Gasteiger partial charge in [0.1, 0.15) is 0 Å². The van der Waals surface area contributed by atoms with E-state index in [2.05, 4.69) is 14.9 Å². The summed E-state index contributed by atoms with van der Waals surface area (Å²) in [6, 6.07) is 7.44. The molecule has 0 unspecified atom stereocenters. The number of sulfonamides is 1. The second-order valence-electron chi connectivity index (χ2n) is 5.44. The summed E-state index contributed by atoms with van der Waals surface area (Å²) >= 11 is 0. The Kier molecular flexibility index (Phi) is 7.31. The smallest absolute Gasteiger partial charge is 0.240 e. The van der Waals surface area contributed by atoms with Gasteiger partial charge in [0.15, 0.2) is 0 Å². The van der Waals surface area contributed by atoms with Gasteiger partial charge in [0.2, 0.25) is 10.0 Å². The number of nitrogens with zero attached hydrogens (tertiary/aromatic N) is 1. The van der Waals surface area contributed by atoms with Crippen molar-refractivity contribution in [3.63, 3.8) is 0 Å². The van der Waals surface area contributed by atoms with Gasteiger partial charge in [0, 0.05) is 25.7 Å². The van der Waals surface area contributed by atoms with Crippen molar-refractivity contribution in [2.75, 3.05) is 26.7 Å². The standard InChI is InChI=1S/C15H27N3O2S/c1-5-18(4)11-10-17-21(19,20)15-9-7-6-8-14(15)12-16-13(2)3/h6-9,13,16-17H,5,10-12H2,1-4H3. The Labute approximate surface area is 128 Å². The molecule has 5 nitrogen and oxygen atoms in total. The molecule has 0 heterocycles. The van der Waals surface area contributed by atoms with Gasteiger partial charge in [-0.1, -0.05) is 39.0 Å². The van der Waals surface area contributed by atoms with Crippen molar-refractivity contribution in [3.05, 3.63) is 29.8 Å². The molecule has 120 valence electrons. The summed E-state index contributed by atoms with van der Waals surface area (Å²) in [6.45, 7) is 8.67. The lowest BCUT2D eigenvalue weighted by atomic mass is 10.2. The first-order valence-electron chi connectivity index (χ1n) is 7.36. The SMILES string of the molecule is CCN(C)CCNS(=O)(=O)c1ccccc1CNC(C)C. The zero-order valence-corrected chi connectivity index (χ0v) is 14.2. The monoisotopic (exact) mass is 313 g/mol. The minimum atomic E-state index is -3.46. The van der Waals surface area contributed by atoms with Crippen LogP contribution in [0.5, 0.6) is 0 Å². The molecule has 0 spiro atoms. The van der Waals surface area contributed by atoms with E-state index in [9.17, 15) is 8.42 Å². The summed E-state index contributed by atoms with van der Waals surface area (Å²) in [7, 11) is -1.49. The van der Waals surface area contributed by atoms with E-state index in [0.29, 0.717) is 30.6 Å². The zero-order valence-electron chi connectivity index (χ0n) is 13.4. The maximum atomic E-state index is 12.4. The molecule has 0 atom stereocenters. The fraction of sp³-hybridized carbons (Fsp3) is 0.600. The fourth-order valence-electron chi connectivity index (χ4n) is 1.83. The minimum Gasteiger partial charge on any atom is -0.310 e. The number of rotatable bonds is 9. The van der Waals surface area contributed by atoms with Gasteiger partial charge in [0.25, 0.3) is 0 Å². The quantitative estimate of drug-likeness (QED) is 0.724. The molecular weight excluding hydrogens is 286 g/mol. The summed E-state index contributed by atoms with van der Waals surface area (Å²) in [5.74, 6) is 0. The Morgan fingerprint density at radius 2 is 1.90 bits per heavy atom. The summed E-state index contributed by atoms with van der Waals surface area (Å²) in [5, 5.41) is 3.26. The highest BCUT2D eigenvalue weighted by Crippen LogP contribution is 2.15. The highest BCUT2D eigenvalue weighted by Gasteiger charge is 2.17. The molecule has 0 aromatic heterocycles. The van der Waals surface area contributed by atoms with Crippen molar-refractivity contribution >= 4 is 10.0 Å². The van der Waals surface area contributed by atoms with Crippen LogP contribution in [0.1, 0.15) is 26.3 Å². The Morgan fingerprint density at radius 3 is 2.52 bits per heavy atom. The van der Waals surface area contributed by atoms with Gasteiger partial charge in [-0.05, 0) is 25.2 Å². The molecule has 2 N–H and O–H groups in total. The maximum absolute atomic E-state index is 12.4. The predicted molar refractivity (Wildman–Crippen MR) is 86.8 cm³/mol. The number of likely N-dealkylation sites (N-methyl/N-ethyl adjacent to an activating group) is 1. The van der Waals surface area contributed by atoms with E-state index in [1.54, 1.807) is 12.1 Å². The first-order chi connectivity index (χ1) is 9.86. The van der Waals surface area contributed by atoms with Crippen molar-refractivity contribution in [2.24, 2.45) is 0 Å². The van der Waals surface area contributed by atoms with Crippen LogP contribution in [0, 0.1) is 0 Å². The molecule has 0 amide bonds. The van der Waals surface area contributed by atoms with Crippen LogP contribution in [-0.2, 0) is 16.6 Å². The molecule has 0 saturated carbocycles. The molecule has 1 rings (SSSR count). The summed E-state index contributed by atoms with van der Waals surface area (Å²) < 4.78 is 27.5. The Hall–Kier alpha value is -0.950. The lowest BCUT2D eigenvalue weighted by molar-refractivity contribution is 0.358. The number of benzene rings is 1. The topological polar surface area (TPSA) is 61.4 Å². The lowest BCUT2D eigenvalue weighted by Gasteiger charge is -2.16. The van der Waals surface area contributed by atoms with Gasteiger partial charge in [-0.15, -0.1) is 0 Å². The average molecular weight is 313 g/mol. The normalized spacial score (nSPS) is 12.3. The summed E-state index contributed by atoms with van der Waals surface area (Å²) in [5.41, 5.74) is 0.794. The van der Waals surface area contributed by atoms with Gasteiger partial charge in [-0.3, -0.25) is 0 Å². The summed E-state index contributed by atoms with van der Waals surface area (Å²) in [4.78, 5) is 2.42. The second-order valence-corrected chi connectivity index (χ2v) is 7.17. The van der Waals surface area contributed by atoms with Crippen molar-refractivity contribution < 1.29 is 8.42 Å². The van der Waals surface area contributed by atoms with Gasteiger partial charge >= 0.3 is 0 Å². The van der Waals surface area contributed by atoms with E-state index in [1.165, 1.54) is 0 Å². The van der Waals surface area contributed by atoms with Crippen molar-refractivity contribution in [1.29, 1.82) is 0 Å². The Bertz CT molecular complexity index is 529. The lowest BCUT2D eigenvalue weighted by Crippen LogP contribution is -2.33. The molecule has 0 aliphatic rings. The third kappa shape index (κ3) is 6.13. The highest BCUT2D eigenvalue weighted by atomic mass is 32.2. The average Bonchev–Trinajstić information content (AvgIpc) is 2.45. The first kappa shape index (κ1) is 18.1. The summed E-state index contributed by atoms with van der Waals surface area (Å²) in [6.07, 6.45) is 0. The van der Waals surface area contributed by atoms with E-state index in [0.717, 1.165) is 12.1 Å². The van der Waals surface area contributed by atoms with E-state index in [-0.39, 0.29) is 0 Å². The Morgan fingerprint density at radius 1 is 1.24 bits per heavy atom. The minimum absolute atomic E-state index is 0.312. The van der Waals surface area contributed by atoms with E-state index in [4.69, 9.17) is 0 Å². The molecule has 6 heteroatoms. The molecule has 0 aliphatic carbocycles. The molecule has 1 aromatic carbocycles. The second kappa shape index (κ2) is 8.48. The van der Waals surface area contributed by atoms with Crippen molar-refractivity contribution in [1.82, 2.24) is 14.9 Å². The maximum Gasteiger partial charge on any atom is 0.240 e. The third-order valence-corrected chi connectivity index (χ3v) is 4.85. The van der Waals surface area contributed by atoms with Crippen LogP contribution in [0.3, 0.4) is 0 Å². The molecule has 0 bridgehead atoms.